The lowest BCUT2D eigenvalue weighted by molar-refractivity contribution is -0.133. The molecule has 2 N–H and O–H groups in total. The first-order chi connectivity index (χ1) is 13.9. The summed E-state index contributed by atoms with van der Waals surface area (Å²) in [6.45, 7) is 7.28. The molecule has 3 rings (SSSR count). The van der Waals surface area contributed by atoms with Crippen LogP contribution < -0.4 is 10.6 Å². The molecule has 0 aromatic heterocycles. The fraction of sp³-hybridized carbons (Fsp3) is 0.318. The van der Waals surface area contributed by atoms with Crippen LogP contribution in [0.3, 0.4) is 0 Å². The fourth-order valence-electron chi connectivity index (χ4n) is 3.27. The summed E-state index contributed by atoms with van der Waals surface area (Å²) < 4.78 is 13.8. The van der Waals surface area contributed by atoms with Crippen molar-refractivity contribution in [1.82, 2.24) is 10.2 Å². The van der Waals surface area contributed by atoms with Gasteiger partial charge in [0, 0.05) is 5.02 Å². The number of hydrogen-bond acceptors (Lipinski definition) is 3. The number of carbonyl (C=O) groups is 3. The van der Waals surface area contributed by atoms with Crippen molar-refractivity contribution in [3.05, 3.63) is 64.4 Å². The molecule has 0 aliphatic carbocycles. The van der Waals surface area contributed by atoms with Crippen molar-refractivity contribution in [2.45, 2.75) is 38.6 Å². The van der Waals surface area contributed by atoms with E-state index in [0.29, 0.717) is 5.56 Å². The van der Waals surface area contributed by atoms with E-state index in [1.807, 2.05) is 12.1 Å². The van der Waals surface area contributed by atoms with Crippen molar-refractivity contribution < 1.29 is 18.8 Å². The lowest BCUT2D eigenvalue weighted by atomic mass is 9.84. The summed E-state index contributed by atoms with van der Waals surface area (Å²) in [5.74, 6) is -1.95. The predicted molar refractivity (Wildman–Crippen MR) is 113 cm³/mol. The van der Waals surface area contributed by atoms with Crippen LogP contribution in [0.25, 0.3) is 0 Å². The lowest BCUT2D eigenvalue weighted by Crippen LogP contribution is -2.42. The molecule has 1 fully saturated rings. The Morgan fingerprint density at radius 1 is 1.17 bits per heavy atom. The van der Waals surface area contributed by atoms with Gasteiger partial charge in [-0.05, 0) is 41.7 Å². The molecule has 0 saturated carbocycles. The zero-order valence-corrected chi connectivity index (χ0v) is 17.9. The normalized spacial score (nSPS) is 19.1. The first-order valence-corrected chi connectivity index (χ1v) is 9.79. The van der Waals surface area contributed by atoms with Crippen LogP contribution in [-0.2, 0) is 20.5 Å². The van der Waals surface area contributed by atoms with Gasteiger partial charge in [-0.1, -0.05) is 56.6 Å². The smallest absolute Gasteiger partial charge is 0.322 e. The zero-order chi connectivity index (χ0) is 22.3. The van der Waals surface area contributed by atoms with Crippen LogP contribution in [0.2, 0.25) is 5.02 Å². The van der Waals surface area contributed by atoms with Crippen LogP contribution in [0, 0.1) is 5.82 Å². The fourth-order valence-corrected chi connectivity index (χ4v) is 3.44. The summed E-state index contributed by atoms with van der Waals surface area (Å²) in [5, 5.41) is 5.24. The maximum atomic E-state index is 13.8. The highest BCUT2D eigenvalue weighted by Crippen LogP contribution is 2.31. The van der Waals surface area contributed by atoms with Crippen molar-refractivity contribution in [3.8, 4) is 0 Å². The molecule has 4 amide bonds. The Morgan fingerprint density at radius 2 is 1.80 bits per heavy atom. The molecule has 1 atom stereocenters. The van der Waals surface area contributed by atoms with Crippen LogP contribution >= 0.6 is 11.6 Å². The Morgan fingerprint density at radius 3 is 2.40 bits per heavy atom. The Kier molecular flexibility index (Phi) is 5.60. The molecule has 2 aromatic rings. The van der Waals surface area contributed by atoms with E-state index in [1.54, 1.807) is 19.1 Å². The van der Waals surface area contributed by atoms with Crippen molar-refractivity contribution in [2.24, 2.45) is 0 Å². The van der Waals surface area contributed by atoms with Gasteiger partial charge in [0.1, 0.15) is 17.9 Å². The number of anilines is 1. The van der Waals surface area contributed by atoms with Crippen LogP contribution in [0.5, 0.6) is 0 Å². The minimum absolute atomic E-state index is 0.0535. The molecule has 1 heterocycles. The minimum Gasteiger partial charge on any atom is -0.322 e. The number of nitrogens with one attached hydrogen (secondary N) is 2. The van der Waals surface area contributed by atoms with Crippen LogP contribution in [0.15, 0.2) is 42.5 Å². The number of urea groups is 1. The maximum Gasteiger partial charge on any atom is 0.325 e. The van der Waals surface area contributed by atoms with Gasteiger partial charge in [-0.2, -0.15) is 0 Å². The molecule has 1 saturated heterocycles. The third-order valence-electron chi connectivity index (χ3n) is 5.11. The van der Waals surface area contributed by atoms with Crippen LogP contribution in [0.1, 0.15) is 38.8 Å². The molecule has 2 aromatic carbocycles. The predicted octanol–water partition coefficient (Wildman–Crippen LogP) is 4.18. The van der Waals surface area contributed by atoms with E-state index in [-0.39, 0.29) is 16.1 Å². The Labute approximate surface area is 179 Å². The number of hydrogen-bond donors (Lipinski definition) is 2. The van der Waals surface area contributed by atoms with E-state index >= 15 is 0 Å². The molecule has 1 unspecified atom stereocenters. The van der Waals surface area contributed by atoms with E-state index in [4.69, 9.17) is 11.6 Å². The van der Waals surface area contributed by atoms with Gasteiger partial charge in [0.15, 0.2) is 0 Å². The molecule has 0 spiro atoms. The van der Waals surface area contributed by atoms with E-state index < -0.39 is 35.7 Å². The van der Waals surface area contributed by atoms with Crippen LogP contribution in [0.4, 0.5) is 14.9 Å². The van der Waals surface area contributed by atoms with E-state index in [1.165, 1.54) is 12.1 Å². The zero-order valence-electron chi connectivity index (χ0n) is 17.2. The van der Waals surface area contributed by atoms with Gasteiger partial charge in [0.05, 0.1) is 5.69 Å². The second kappa shape index (κ2) is 7.72. The summed E-state index contributed by atoms with van der Waals surface area (Å²) in [6.07, 6.45) is 0. The third-order valence-corrected chi connectivity index (χ3v) is 5.34. The van der Waals surface area contributed by atoms with Gasteiger partial charge in [0.25, 0.3) is 5.91 Å². The number of amides is 4. The number of nitrogens with zero attached hydrogens (tertiary/aromatic N) is 1. The highest BCUT2D eigenvalue weighted by atomic mass is 35.5. The van der Waals surface area contributed by atoms with E-state index in [2.05, 4.69) is 31.4 Å². The van der Waals surface area contributed by atoms with Gasteiger partial charge < -0.3 is 10.6 Å². The molecular weight excluding hydrogens is 409 g/mol. The topological polar surface area (TPSA) is 78.5 Å². The number of carbonyl (C=O) groups excluding carboxylic acids is 3. The molecule has 158 valence electrons. The number of imide groups is 1. The molecular formula is C22H23ClFN3O3. The Bertz CT molecular complexity index is 1020. The van der Waals surface area contributed by atoms with Gasteiger partial charge in [-0.15, -0.1) is 0 Å². The number of halogens is 2. The minimum atomic E-state index is -1.30. The van der Waals surface area contributed by atoms with Crippen molar-refractivity contribution >= 4 is 35.1 Å². The Balaban J connectivity index is 1.77. The monoisotopic (exact) mass is 431 g/mol. The van der Waals surface area contributed by atoms with E-state index in [0.717, 1.165) is 16.5 Å². The van der Waals surface area contributed by atoms with Gasteiger partial charge in [-0.25, -0.2) is 9.18 Å². The SMILES string of the molecule is CC(C)(C)c1ccc(C2(C)NC(=O)N(CC(=O)Nc3cc(Cl)ccc3F)C2=O)cc1. The summed E-state index contributed by atoms with van der Waals surface area (Å²) in [5.41, 5.74) is 0.223. The van der Waals surface area contributed by atoms with Gasteiger partial charge in [-0.3, -0.25) is 14.5 Å². The summed E-state index contributed by atoms with van der Waals surface area (Å²) in [7, 11) is 0. The lowest BCUT2D eigenvalue weighted by Gasteiger charge is -2.24. The van der Waals surface area contributed by atoms with Gasteiger partial charge >= 0.3 is 6.03 Å². The summed E-state index contributed by atoms with van der Waals surface area (Å²) in [4.78, 5) is 38.6. The average molecular weight is 432 g/mol. The second-order valence-electron chi connectivity index (χ2n) is 8.45. The average Bonchev–Trinajstić information content (AvgIpc) is 2.88. The maximum absolute atomic E-state index is 13.8. The van der Waals surface area contributed by atoms with E-state index in [9.17, 15) is 18.8 Å². The van der Waals surface area contributed by atoms with Crippen molar-refractivity contribution in [1.29, 1.82) is 0 Å². The van der Waals surface area contributed by atoms with Gasteiger partial charge in [0.2, 0.25) is 5.91 Å². The summed E-state index contributed by atoms with van der Waals surface area (Å²) >= 11 is 5.81. The molecule has 1 aliphatic rings. The molecule has 6 nitrogen and oxygen atoms in total. The third kappa shape index (κ3) is 4.16. The van der Waals surface area contributed by atoms with Crippen molar-refractivity contribution in [3.63, 3.8) is 0 Å². The molecule has 8 heteroatoms. The standard InChI is InChI=1S/C22H23ClFN3O3/c1-21(2,3)13-5-7-14(8-6-13)22(4)19(29)27(20(30)26-22)12-18(28)25-17-11-15(23)9-10-16(17)24/h5-11H,12H2,1-4H3,(H,25,28)(H,26,30). The first kappa shape index (κ1) is 21.8. The quantitative estimate of drug-likeness (QED) is 0.713. The second-order valence-corrected chi connectivity index (χ2v) is 8.88. The summed E-state index contributed by atoms with van der Waals surface area (Å²) in [6, 6.07) is 10.4. The molecule has 0 radical (unpaired) electrons. The first-order valence-electron chi connectivity index (χ1n) is 9.42. The molecule has 30 heavy (non-hydrogen) atoms. The van der Waals surface area contributed by atoms with Crippen LogP contribution in [-0.4, -0.2) is 29.3 Å². The molecule has 1 aliphatic heterocycles. The number of benzene rings is 2. The highest BCUT2D eigenvalue weighted by molar-refractivity contribution is 6.30. The van der Waals surface area contributed by atoms with Crippen molar-refractivity contribution in [2.75, 3.05) is 11.9 Å². The highest BCUT2D eigenvalue weighted by Gasteiger charge is 2.49. The molecule has 0 bridgehead atoms. The Hall–Kier alpha value is -2.93. The number of rotatable bonds is 4. The largest absolute Gasteiger partial charge is 0.325 e.